The van der Waals surface area contributed by atoms with Gasteiger partial charge >= 0.3 is 0 Å². The predicted molar refractivity (Wildman–Crippen MR) is 125 cm³/mol. The molecule has 0 aliphatic heterocycles. The topological polar surface area (TPSA) is 66.5 Å². The van der Waals surface area contributed by atoms with Crippen LogP contribution in [0.2, 0.25) is 10.0 Å². The van der Waals surface area contributed by atoms with Crippen molar-refractivity contribution in [1.29, 1.82) is 0 Å². The van der Waals surface area contributed by atoms with Crippen LogP contribution in [0.3, 0.4) is 0 Å². The van der Waals surface area contributed by atoms with Gasteiger partial charge in [-0.2, -0.15) is 0 Å². The van der Waals surface area contributed by atoms with Crippen molar-refractivity contribution >= 4 is 44.8 Å². The van der Waals surface area contributed by atoms with Gasteiger partial charge in [0.25, 0.3) is 10.0 Å². The standard InChI is InChI=1S/C23H22Cl2N2O3S/c1-2-17-8-12-20(13-9-17)27(31(29,30)21-6-4-3-5-7-21)16-23(28)26-15-18-10-11-19(24)14-22(18)25/h3-14H,2,15-16H2,1H3,(H,26,28). The summed E-state index contributed by atoms with van der Waals surface area (Å²) in [6.45, 7) is 1.81. The molecule has 0 saturated heterocycles. The molecule has 5 nitrogen and oxygen atoms in total. The summed E-state index contributed by atoms with van der Waals surface area (Å²) in [6.07, 6.45) is 0.827. The van der Waals surface area contributed by atoms with Gasteiger partial charge in [-0.1, -0.05) is 66.5 Å². The van der Waals surface area contributed by atoms with Crippen molar-refractivity contribution in [1.82, 2.24) is 5.32 Å². The molecule has 0 atom stereocenters. The van der Waals surface area contributed by atoms with Gasteiger partial charge in [-0.05, 0) is 53.9 Å². The Morgan fingerprint density at radius 2 is 1.65 bits per heavy atom. The van der Waals surface area contributed by atoms with Crippen LogP contribution in [-0.2, 0) is 27.8 Å². The largest absolute Gasteiger partial charge is 0.350 e. The van der Waals surface area contributed by atoms with E-state index >= 15 is 0 Å². The van der Waals surface area contributed by atoms with Crippen molar-refractivity contribution in [3.63, 3.8) is 0 Å². The number of nitrogens with one attached hydrogen (secondary N) is 1. The number of anilines is 1. The molecule has 0 aliphatic carbocycles. The van der Waals surface area contributed by atoms with E-state index < -0.39 is 15.9 Å². The molecule has 8 heteroatoms. The lowest BCUT2D eigenvalue weighted by atomic mass is 10.1. The first kappa shape index (κ1) is 23.1. The van der Waals surface area contributed by atoms with E-state index in [1.807, 2.05) is 19.1 Å². The molecule has 3 aromatic carbocycles. The predicted octanol–water partition coefficient (Wildman–Crippen LogP) is 5.07. The van der Waals surface area contributed by atoms with Crippen molar-refractivity contribution in [2.45, 2.75) is 24.8 Å². The Labute approximate surface area is 192 Å². The zero-order valence-electron chi connectivity index (χ0n) is 16.9. The normalized spacial score (nSPS) is 11.2. The summed E-state index contributed by atoms with van der Waals surface area (Å²) < 4.78 is 27.7. The van der Waals surface area contributed by atoms with Crippen molar-refractivity contribution < 1.29 is 13.2 Å². The molecule has 162 valence electrons. The van der Waals surface area contributed by atoms with Gasteiger partial charge in [0.15, 0.2) is 0 Å². The van der Waals surface area contributed by atoms with Gasteiger partial charge in [0.2, 0.25) is 5.91 Å². The van der Waals surface area contributed by atoms with E-state index in [1.54, 1.807) is 48.5 Å². The summed E-state index contributed by atoms with van der Waals surface area (Å²) in [5, 5.41) is 3.66. The van der Waals surface area contributed by atoms with E-state index in [-0.39, 0.29) is 18.0 Å². The number of hydrogen-bond acceptors (Lipinski definition) is 3. The van der Waals surface area contributed by atoms with E-state index in [1.165, 1.54) is 12.1 Å². The lowest BCUT2D eigenvalue weighted by Gasteiger charge is -2.24. The van der Waals surface area contributed by atoms with Crippen LogP contribution in [0.4, 0.5) is 5.69 Å². The summed E-state index contributed by atoms with van der Waals surface area (Å²) in [4.78, 5) is 12.8. The molecule has 31 heavy (non-hydrogen) atoms. The number of carbonyl (C=O) groups excluding carboxylic acids is 1. The monoisotopic (exact) mass is 476 g/mol. The quantitative estimate of drug-likeness (QED) is 0.493. The van der Waals surface area contributed by atoms with Crippen LogP contribution in [0.25, 0.3) is 0 Å². The molecule has 0 aromatic heterocycles. The van der Waals surface area contributed by atoms with Gasteiger partial charge in [0.1, 0.15) is 6.54 Å². The molecule has 1 amide bonds. The number of benzene rings is 3. The molecule has 0 aliphatic rings. The fourth-order valence-electron chi connectivity index (χ4n) is 2.98. The molecular formula is C23H22Cl2N2O3S. The highest BCUT2D eigenvalue weighted by molar-refractivity contribution is 7.92. The summed E-state index contributed by atoms with van der Waals surface area (Å²) in [7, 11) is -3.94. The molecular weight excluding hydrogens is 455 g/mol. The molecule has 0 fully saturated rings. The number of hydrogen-bond donors (Lipinski definition) is 1. The van der Waals surface area contributed by atoms with Crippen molar-refractivity contribution in [3.8, 4) is 0 Å². The number of carbonyl (C=O) groups is 1. The highest BCUT2D eigenvalue weighted by Gasteiger charge is 2.27. The molecule has 1 N–H and O–H groups in total. The molecule has 0 bridgehead atoms. The van der Waals surface area contributed by atoms with Gasteiger partial charge in [-0.25, -0.2) is 8.42 Å². The fourth-order valence-corrected chi connectivity index (χ4v) is 4.90. The third-order valence-electron chi connectivity index (χ3n) is 4.74. The second-order valence-electron chi connectivity index (χ2n) is 6.86. The van der Waals surface area contributed by atoms with E-state index in [2.05, 4.69) is 5.32 Å². The summed E-state index contributed by atoms with van der Waals surface area (Å²) in [6, 6.07) is 20.2. The first-order valence-electron chi connectivity index (χ1n) is 9.68. The van der Waals surface area contributed by atoms with Gasteiger partial charge in [0, 0.05) is 16.6 Å². The lowest BCUT2D eigenvalue weighted by Crippen LogP contribution is -2.40. The Morgan fingerprint density at radius 1 is 0.968 bits per heavy atom. The molecule has 0 spiro atoms. The Morgan fingerprint density at radius 3 is 2.26 bits per heavy atom. The Balaban J connectivity index is 1.84. The molecule has 0 saturated carbocycles. The minimum absolute atomic E-state index is 0.114. The Hall–Kier alpha value is -2.54. The zero-order chi connectivity index (χ0) is 22.4. The number of nitrogens with zero attached hydrogens (tertiary/aromatic N) is 1. The minimum Gasteiger partial charge on any atom is -0.350 e. The lowest BCUT2D eigenvalue weighted by molar-refractivity contribution is -0.119. The van der Waals surface area contributed by atoms with Crippen LogP contribution in [0.5, 0.6) is 0 Å². The highest BCUT2D eigenvalue weighted by atomic mass is 35.5. The smallest absolute Gasteiger partial charge is 0.264 e. The second-order valence-corrected chi connectivity index (χ2v) is 9.56. The fraction of sp³-hybridized carbons (Fsp3) is 0.174. The maximum absolute atomic E-state index is 13.3. The van der Waals surface area contributed by atoms with Crippen LogP contribution in [-0.4, -0.2) is 20.9 Å². The van der Waals surface area contributed by atoms with Crippen LogP contribution in [0, 0.1) is 0 Å². The zero-order valence-corrected chi connectivity index (χ0v) is 19.2. The first-order valence-corrected chi connectivity index (χ1v) is 11.9. The van der Waals surface area contributed by atoms with E-state index in [9.17, 15) is 13.2 Å². The minimum atomic E-state index is -3.94. The highest BCUT2D eigenvalue weighted by Crippen LogP contribution is 2.24. The number of aryl methyl sites for hydroxylation is 1. The van der Waals surface area contributed by atoms with Crippen LogP contribution >= 0.6 is 23.2 Å². The second kappa shape index (κ2) is 10.2. The summed E-state index contributed by atoms with van der Waals surface area (Å²) >= 11 is 12.1. The van der Waals surface area contributed by atoms with Crippen molar-refractivity contribution in [2.75, 3.05) is 10.8 Å². The van der Waals surface area contributed by atoms with Crippen LogP contribution < -0.4 is 9.62 Å². The molecule has 0 radical (unpaired) electrons. The average Bonchev–Trinajstić information content (AvgIpc) is 2.77. The SMILES string of the molecule is CCc1ccc(N(CC(=O)NCc2ccc(Cl)cc2Cl)S(=O)(=O)c2ccccc2)cc1. The third-order valence-corrected chi connectivity index (χ3v) is 7.12. The van der Waals surface area contributed by atoms with Crippen molar-refractivity contribution in [2.24, 2.45) is 0 Å². The molecule has 0 heterocycles. The number of sulfonamides is 1. The summed E-state index contributed by atoms with van der Waals surface area (Å²) in [5.74, 6) is -0.454. The Bertz CT molecular complexity index is 1150. The first-order chi connectivity index (χ1) is 14.8. The summed E-state index contributed by atoms with van der Waals surface area (Å²) in [5.41, 5.74) is 2.17. The number of halogens is 2. The Kier molecular flexibility index (Phi) is 7.59. The molecule has 0 unspecified atom stereocenters. The molecule has 3 rings (SSSR count). The van der Waals surface area contributed by atoms with Crippen molar-refractivity contribution in [3.05, 3.63) is 94.0 Å². The van der Waals surface area contributed by atoms with Gasteiger partial charge in [-0.3, -0.25) is 9.10 Å². The average molecular weight is 477 g/mol. The van der Waals surface area contributed by atoms with Gasteiger partial charge < -0.3 is 5.32 Å². The van der Waals surface area contributed by atoms with Crippen LogP contribution in [0.1, 0.15) is 18.1 Å². The third kappa shape index (κ3) is 5.79. The molecule has 3 aromatic rings. The maximum Gasteiger partial charge on any atom is 0.264 e. The number of amides is 1. The van der Waals surface area contributed by atoms with E-state index in [4.69, 9.17) is 23.2 Å². The van der Waals surface area contributed by atoms with E-state index in [0.717, 1.165) is 16.3 Å². The van der Waals surface area contributed by atoms with Crippen LogP contribution in [0.15, 0.2) is 77.7 Å². The van der Waals surface area contributed by atoms with Gasteiger partial charge in [0.05, 0.1) is 10.6 Å². The van der Waals surface area contributed by atoms with E-state index in [0.29, 0.717) is 21.3 Å². The maximum atomic E-state index is 13.3. The van der Waals surface area contributed by atoms with Gasteiger partial charge in [-0.15, -0.1) is 0 Å². The number of rotatable bonds is 8.